The van der Waals surface area contributed by atoms with E-state index < -0.39 is 67.4 Å². The van der Waals surface area contributed by atoms with Gasteiger partial charge in [-0.05, 0) is 34.7 Å². The minimum absolute atomic E-state index is 0.0219. The molecule has 0 aromatic heterocycles. The van der Waals surface area contributed by atoms with Crippen LogP contribution < -0.4 is 0 Å². The van der Waals surface area contributed by atoms with Gasteiger partial charge in [-0.15, -0.1) is 6.58 Å². The van der Waals surface area contributed by atoms with Crippen molar-refractivity contribution in [2.75, 3.05) is 19.8 Å². The van der Waals surface area contributed by atoms with Crippen LogP contribution in [0.4, 0.5) is 0 Å². The number of carbonyl (C=O) groups excluding carboxylic acids is 2. The van der Waals surface area contributed by atoms with Crippen molar-refractivity contribution in [3.63, 3.8) is 0 Å². The summed E-state index contributed by atoms with van der Waals surface area (Å²) in [7, 11) is 0. The average molecular weight is 931 g/mol. The average Bonchev–Trinajstić information content (AvgIpc) is 3.37. The van der Waals surface area contributed by atoms with Gasteiger partial charge in [0.05, 0.1) is 52.7 Å². The van der Waals surface area contributed by atoms with Gasteiger partial charge < -0.3 is 57.3 Å². The summed E-state index contributed by atoms with van der Waals surface area (Å²) in [5, 5.41) is 11.8. The van der Waals surface area contributed by atoms with Crippen molar-refractivity contribution < 1.29 is 62.1 Å². The van der Waals surface area contributed by atoms with E-state index in [0.29, 0.717) is 0 Å². The summed E-state index contributed by atoms with van der Waals surface area (Å²) in [4.78, 5) is 24.9. The van der Waals surface area contributed by atoms with E-state index in [9.17, 15) is 14.7 Å². The molecule has 0 amide bonds. The Hall–Kier alpha value is -5.42. The van der Waals surface area contributed by atoms with E-state index >= 15 is 0 Å². The molecule has 0 spiro atoms. The number of esters is 1. The molecular weight excluding hydrogens is 869 g/mol. The highest BCUT2D eigenvalue weighted by molar-refractivity contribution is 5.80. The summed E-state index contributed by atoms with van der Waals surface area (Å²) in [6.07, 6.45) is -8.91. The molecule has 0 unspecified atom stereocenters. The second kappa shape index (κ2) is 26.9. The fourth-order valence-electron chi connectivity index (χ4n) is 8.04. The third-order valence-corrected chi connectivity index (χ3v) is 11.5. The zero-order chi connectivity index (χ0) is 47.3. The lowest BCUT2D eigenvalue weighted by Gasteiger charge is -2.49. The third-order valence-electron chi connectivity index (χ3n) is 11.5. The molecule has 68 heavy (non-hydrogen) atoms. The first-order valence-electron chi connectivity index (χ1n) is 23.1. The summed E-state index contributed by atoms with van der Waals surface area (Å²) >= 11 is 0. The van der Waals surface area contributed by atoms with Crippen LogP contribution in [0, 0.1) is 0 Å². The molecule has 0 aliphatic carbocycles. The first kappa shape index (κ1) is 50.5. The van der Waals surface area contributed by atoms with Crippen LogP contribution in [0.25, 0.3) is 0 Å². The number of hydrogen-bond donors (Lipinski definition) is 1. The van der Waals surface area contributed by atoms with Gasteiger partial charge in [0.1, 0.15) is 61.2 Å². The molecule has 2 heterocycles. The first-order valence-corrected chi connectivity index (χ1v) is 23.1. The lowest BCUT2D eigenvalue weighted by atomic mass is 9.95. The van der Waals surface area contributed by atoms with E-state index in [4.69, 9.17) is 47.4 Å². The van der Waals surface area contributed by atoms with E-state index in [-0.39, 0.29) is 71.5 Å². The Morgan fingerprint density at radius 1 is 0.515 bits per heavy atom. The Morgan fingerprint density at radius 3 is 1.43 bits per heavy atom. The number of aliphatic hydroxyl groups is 1. The van der Waals surface area contributed by atoms with Crippen LogP contribution in [0.3, 0.4) is 0 Å². The largest absolute Gasteiger partial charge is 0.463 e. The number of hydrogen-bond acceptors (Lipinski definition) is 13. The molecule has 1 N–H and O–H groups in total. The van der Waals surface area contributed by atoms with Crippen molar-refractivity contribution in [1.82, 2.24) is 0 Å². The highest BCUT2D eigenvalue weighted by Gasteiger charge is 2.54. The van der Waals surface area contributed by atoms with Crippen molar-refractivity contribution in [3.05, 3.63) is 192 Å². The van der Waals surface area contributed by atoms with Crippen LogP contribution >= 0.6 is 0 Å². The van der Waals surface area contributed by atoms with Crippen LogP contribution in [-0.2, 0) is 90.0 Å². The quantitative estimate of drug-likeness (QED) is 0.0425. The number of ether oxygens (including phenoxy) is 10. The lowest BCUT2D eigenvalue weighted by Crippen LogP contribution is -2.66. The van der Waals surface area contributed by atoms with Crippen LogP contribution in [0.15, 0.2) is 164 Å². The van der Waals surface area contributed by atoms with Crippen LogP contribution in [0.2, 0.25) is 0 Å². The highest BCUT2D eigenvalue weighted by Crippen LogP contribution is 2.36. The predicted octanol–water partition coefficient (Wildman–Crippen LogP) is 7.86. The number of carbonyl (C=O) groups is 2. The zero-order valence-corrected chi connectivity index (χ0v) is 38.4. The van der Waals surface area contributed by atoms with Gasteiger partial charge in [-0.2, -0.15) is 0 Å². The summed E-state index contributed by atoms with van der Waals surface area (Å²) in [5.41, 5.74) is 4.47. The van der Waals surface area contributed by atoms with Crippen LogP contribution in [-0.4, -0.2) is 98.1 Å². The first-order chi connectivity index (χ1) is 33.3. The second-order valence-electron chi connectivity index (χ2n) is 16.7. The van der Waals surface area contributed by atoms with Gasteiger partial charge in [0.2, 0.25) is 0 Å². The van der Waals surface area contributed by atoms with E-state index in [1.54, 1.807) is 6.08 Å². The Balaban J connectivity index is 1.27. The molecule has 13 heteroatoms. The van der Waals surface area contributed by atoms with Crippen molar-refractivity contribution in [2.24, 2.45) is 0 Å². The van der Waals surface area contributed by atoms with Crippen LogP contribution in [0.1, 0.15) is 47.6 Å². The topological polar surface area (TPSA) is 147 Å². The molecule has 2 saturated heterocycles. The number of ketones is 1. The predicted molar refractivity (Wildman–Crippen MR) is 251 cm³/mol. The normalized spacial score (nSPS) is 24.8. The molecule has 5 aromatic carbocycles. The molecule has 2 fully saturated rings. The standard InChI is InChI=1S/C55H62O13/c1-3-31-60-50-48(62-33-41-21-11-5-12-22-41)46(38-61-47(57)30-29-39(2)56)67-55(53(50)65-36-44-27-17-8-18-28-44)68-49-45(37-59-32-40-19-9-4-10-20-40)66-54(58)52(64-35-43-25-15-7-16-26-43)51(49)63-34-42-23-13-6-14-24-42/h3-28,45-46,48-55,58H,1,29-38H2,2H3/t45-,46-,48+,49-,50+,51+,52-,53-,54-,55+/m1/s1. The zero-order valence-electron chi connectivity index (χ0n) is 38.4. The van der Waals surface area contributed by atoms with E-state index in [1.807, 2.05) is 152 Å². The van der Waals surface area contributed by atoms with Gasteiger partial charge in [-0.3, -0.25) is 4.79 Å². The van der Waals surface area contributed by atoms with Crippen molar-refractivity contribution >= 4 is 11.8 Å². The molecule has 10 atom stereocenters. The van der Waals surface area contributed by atoms with Crippen LogP contribution in [0.5, 0.6) is 0 Å². The molecular formula is C55H62O13. The summed E-state index contributed by atoms with van der Waals surface area (Å²) in [5.74, 6) is -0.714. The van der Waals surface area contributed by atoms with Gasteiger partial charge >= 0.3 is 5.97 Å². The van der Waals surface area contributed by atoms with Gasteiger partial charge in [-0.1, -0.05) is 158 Å². The maximum Gasteiger partial charge on any atom is 0.306 e. The van der Waals surface area contributed by atoms with Gasteiger partial charge in [-0.25, -0.2) is 0 Å². The third kappa shape index (κ3) is 15.3. The Kier molecular flexibility index (Phi) is 20.0. The molecule has 13 nitrogen and oxygen atoms in total. The number of Topliss-reactive ketones (excluding diaryl/α,β-unsaturated/α-hetero) is 1. The maximum atomic E-state index is 13.1. The summed E-state index contributed by atoms with van der Waals surface area (Å²) in [6.45, 7) is 6.00. The second-order valence-corrected chi connectivity index (χ2v) is 16.7. The minimum atomic E-state index is -1.45. The minimum Gasteiger partial charge on any atom is -0.463 e. The molecule has 2 aliphatic rings. The van der Waals surface area contributed by atoms with Crippen molar-refractivity contribution in [2.45, 2.75) is 114 Å². The number of benzene rings is 5. The smallest absolute Gasteiger partial charge is 0.306 e. The molecule has 7 rings (SSSR count). The Morgan fingerprint density at radius 2 is 0.941 bits per heavy atom. The van der Waals surface area contributed by atoms with E-state index in [1.165, 1.54) is 6.92 Å². The van der Waals surface area contributed by atoms with Crippen molar-refractivity contribution in [3.8, 4) is 0 Å². The van der Waals surface area contributed by atoms with Gasteiger partial charge in [0, 0.05) is 6.42 Å². The van der Waals surface area contributed by atoms with Crippen molar-refractivity contribution in [1.29, 1.82) is 0 Å². The highest BCUT2D eigenvalue weighted by atomic mass is 16.8. The Labute approximate surface area is 398 Å². The molecule has 0 saturated carbocycles. The maximum absolute atomic E-state index is 13.1. The SMILES string of the molecule is C=CCO[C@H]1[C@@H](OCc2ccccc2)[C@@H](COC(=O)CCC(C)=O)O[C@@H](O[C@H]2[C@H](OCc3ccccc3)[C@@H](OCc3ccccc3)[C@H](O)O[C@@H]2COCc2ccccc2)[C@@H]1OCc1ccccc1. The van der Waals surface area contributed by atoms with Gasteiger partial charge in [0.25, 0.3) is 0 Å². The summed E-state index contributed by atoms with van der Waals surface area (Å²) in [6, 6.07) is 48.3. The molecule has 5 aromatic rings. The molecule has 0 radical (unpaired) electrons. The number of aliphatic hydroxyl groups excluding tert-OH is 1. The molecule has 2 aliphatic heterocycles. The number of rotatable bonds is 26. The van der Waals surface area contributed by atoms with Gasteiger partial charge in [0.15, 0.2) is 12.6 Å². The summed E-state index contributed by atoms with van der Waals surface area (Å²) < 4.78 is 66.1. The lowest BCUT2D eigenvalue weighted by molar-refractivity contribution is -0.372. The fourth-order valence-corrected chi connectivity index (χ4v) is 8.04. The monoisotopic (exact) mass is 930 g/mol. The van der Waals surface area contributed by atoms with E-state index in [0.717, 1.165) is 27.8 Å². The fraction of sp³-hybridized carbons (Fsp3) is 0.382. The Bertz CT molecular complexity index is 2220. The molecule has 0 bridgehead atoms. The molecule has 360 valence electrons. The van der Waals surface area contributed by atoms with E-state index in [2.05, 4.69) is 6.58 Å².